The molecule has 4 amide bonds. The van der Waals surface area contributed by atoms with Gasteiger partial charge in [0.25, 0.3) is 5.91 Å². The fraction of sp³-hybridized carbons (Fsp3) is 0.559. The molecule has 1 saturated heterocycles. The average molecular weight is 714 g/mol. The molecule has 4 aliphatic rings. The molecule has 3 fully saturated rings. The number of nitrogens with one attached hydrogen (secondary N) is 3. The van der Waals surface area contributed by atoms with Gasteiger partial charge in [-0.05, 0) is 51.5 Å². The number of carboxylic acid groups (broad SMARTS) is 1. The van der Waals surface area contributed by atoms with Gasteiger partial charge in [0.15, 0.2) is 0 Å². The number of nitrogens with zero attached hydrogens (tertiary/aromatic N) is 2. The lowest BCUT2D eigenvalue weighted by atomic mass is 9.94. The van der Waals surface area contributed by atoms with E-state index in [0.29, 0.717) is 30.4 Å². The van der Waals surface area contributed by atoms with Gasteiger partial charge in [-0.25, -0.2) is 18.2 Å². The summed E-state index contributed by atoms with van der Waals surface area (Å²) in [4.78, 5) is 59.9. The van der Waals surface area contributed by atoms with E-state index in [1.165, 1.54) is 18.2 Å². The van der Waals surface area contributed by atoms with Crippen LogP contribution in [-0.4, -0.2) is 102 Å². The predicted molar refractivity (Wildman–Crippen MR) is 180 cm³/mol. The van der Waals surface area contributed by atoms with Crippen LogP contribution in [0.5, 0.6) is 11.6 Å². The molecule has 4 N–H and O–H groups in total. The molecule has 1 aromatic heterocycles. The summed E-state index contributed by atoms with van der Waals surface area (Å²) in [7, 11) is -2.49. The van der Waals surface area contributed by atoms with E-state index in [-0.39, 0.29) is 38.0 Å². The highest BCUT2D eigenvalue weighted by Crippen LogP contribution is 2.47. The highest BCUT2D eigenvalue weighted by molar-refractivity contribution is 7.91. The molecule has 270 valence electrons. The van der Waals surface area contributed by atoms with E-state index in [1.54, 1.807) is 26.0 Å². The van der Waals surface area contributed by atoms with Gasteiger partial charge in [-0.15, -0.1) is 0 Å². The zero-order valence-electron chi connectivity index (χ0n) is 28.4. The van der Waals surface area contributed by atoms with Crippen LogP contribution in [0.1, 0.15) is 52.9 Å². The third-order valence-electron chi connectivity index (χ3n) is 10.3. The van der Waals surface area contributed by atoms with Gasteiger partial charge in [-0.2, -0.15) is 0 Å². The van der Waals surface area contributed by atoms with Crippen LogP contribution in [0, 0.1) is 11.8 Å². The van der Waals surface area contributed by atoms with Crippen molar-refractivity contribution in [2.45, 2.75) is 87.5 Å². The number of methoxy groups -OCH3 is 1. The number of rotatable bonds is 7. The second-order valence-electron chi connectivity index (χ2n) is 14.0. The zero-order valence-corrected chi connectivity index (χ0v) is 29.2. The number of aromatic nitrogens is 1. The summed E-state index contributed by atoms with van der Waals surface area (Å²) in [6.07, 6.45) is 3.68. The van der Waals surface area contributed by atoms with E-state index >= 15 is 0 Å². The van der Waals surface area contributed by atoms with Crippen molar-refractivity contribution in [3.05, 3.63) is 42.6 Å². The Morgan fingerprint density at radius 1 is 1.14 bits per heavy atom. The van der Waals surface area contributed by atoms with Crippen molar-refractivity contribution in [3.63, 3.8) is 0 Å². The van der Waals surface area contributed by atoms with Gasteiger partial charge in [0.1, 0.15) is 29.5 Å². The number of hydrogen-bond donors (Lipinski definition) is 4. The van der Waals surface area contributed by atoms with Gasteiger partial charge in [0.05, 0.1) is 37.3 Å². The monoisotopic (exact) mass is 713 g/mol. The van der Waals surface area contributed by atoms with Gasteiger partial charge in [0.2, 0.25) is 27.7 Å². The second kappa shape index (κ2) is 13.4. The fourth-order valence-corrected chi connectivity index (χ4v) is 8.23. The number of amides is 4. The lowest BCUT2D eigenvalue weighted by molar-refractivity contribution is -0.142. The lowest BCUT2D eigenvalue weighted by Crippen LogP contribution is -2.59. The van der Waals surface area contributed by atoms with E-state index < -0.39 is 74.1 Å². The van der Waals surface area contributed by atoms with Crippen LogP contribution in [-0.2, 0) is 29.1 Å². The van der Waals surface area contributed by atoms with Crippen molar-refractivity contribution in [1.82, 2.24) is 25.2 Å². The van der Waals surface area contributed by atoms with Gasteiger partial charge >= 0.3 is 6.09 Å². The maximum atomic E-state index is 14.3. The van der Waals surface area contributed by atoms with E-state index in [4.69, 9.17) is 14.2 Å². The minimum absolute atomic E-state index is 0.0120. The number of hydrogen-bond acceptors (Lipinski definition) is 10. The highest BCUT2D eigenvalue weighted by atomic mass is 32.2. The number of carbonyl (C=O) groups is 4. The molecule has 3 heterocycles. The maximum absolute atomic E-state index is 14.3. The predicted octanol–water partition coefficient (Wildman–Crippen LogP) is 2.10. The largest absolute Gasteiger partial charge is 0.494 e. The Balaban J connectivity index is 1.34. The van der Waals surface area contributed by atoms with Gasteiger partial charge < -0.3 is 34.9 Å². The normalized spacial score (nSPS) is 30.9. The minimum atomic E-state index is -4.02. The Morgan fingerprint density at radius 3 is 2.54 bits per heavy atom. The molecule has 16 heteroatoms. The van der Waals surface area contributed by atoms with E-state index in [1.807, 2.05) is 31.2 Å². The number of sulfonamides is 1. The highest BCUT2D eigenvalue weighted by Gasteiger charge is 2.63. The lowest BCUT2D eigenvalue weighted by Gasteiger charge is -2.32. The summed E-state index contributed by atoms with van der Waals surface area (Å²) in [6, 6.07) is 4.89. The standard InChI is InChI=1S/C34H43N5O10S/c1-19-14-20(2)48-13-7-8-21-16-34(21,31(42)38-50(45,46)33(3)11-12-33)37-28(40)25-15-22(18-39(25)30(41)27(19)36-32(43)44)49-29-24-10-6-5-9-23(24)26(47-4)17-35-29/h5-10,17,19-22,25,27,36H,11-16,18H2,1-4H3,(H,37,40)(H,38,42)(H,43,44)/t19-,20+,21-,22-,25+,27+,34-/m1/s1. The number of carbonyl (C=O) groups excluding carboxylic acids is 3. The number of benzene rings is 1. The molecular weight excluding hydrogens is 670 g/mol. The first-order valence-electron chi connectivity index (χ1n) is 16.7. The van der Waals surface area contributed by atoms with Crippen LogP contribution in [0.2, 0.25) is 0 Å². The van der Waals surface area contributed by atoms with E-state index in [9.17, 15) is 32.7 Å². The molecule has 0 spiro atoms. The molecule has 6 rings (SSSR count). The molecule has 50 heavy (non-hydrogen) atoms. The third kappa shape index (κ3) is 6.82. The molecular formula is C34H43N5O10S. The van der Waals surface area contributed by atoms with Crippen LogP contribution < -0.4 is 24.8 Å². The molecule has 15 nitrogen and oxygen atoms in total. The summed E-state index contributed by atoms with van der Waals surface area (Å²) in [5.41, 5.74) is -1.59. The molecule has 2 aromatic rings. The summed E-state index contributed by atoms with van der Waals surface area (Å²) in [6.45, 7) is 5.16. The van der Waals surface area contributed by atoms with Crippen LogP contribution in [0.4, 0.5) is 4.79 Å². The molecule has 7 atom stereocenters. The van der Waals surface area contributed by atoms with Crippen molar-refractivity contribution >= 4 is 44.6 Å². The van der Waals surface area contributed by atoms with Gasteiger partial charge in [-0.1, -0.05) is 37.3 Å². The van der Waals surface area contributed by atoms with Crippen LogP contribution in [0.15, 0.2) is 42.6 Å². The summed E-state index contributed by atoms with van der Waals surface area (Å²) >= 11 is 0. The van der Waals surface area contributed by atoms with Crippen molar-refractivity contribution in [2.24, 2.45) is 11.8 Å². The smallest absolute Gasteiger partial charge is 0.405 e. The van der Waals surface area contributed by atoms with Crippen LogP contribution >= 0.6 is 0 Å². The summed E-state index contributed by atoms with van der Waals surface area (Å²) < 4.78 is 45.0. The summed E-state index contributed by atoms with van der Waals surface area (Å²) in [5, 5.41) is 16.2. The van der Waals surface area contributed by atoms with Crippen molar-refractivity contribution in [3.8, 4) is 11.6 Å². The first kappa shape index (κ1) is 35.4. The second-order valence-corrected chi connectivity index (χ2v) is 16.2. The third-order valence-corrected chi connectivity index (χ3v) is 12.5. The van der Waals surface area contributed by atoms with Crippen LogP contribution in [0.3, 0.4) is 0 Å². The molecule has 2 aliphatic carbocycles. The Bertz CT molecular complexity index is 1830. The van der Waals surface area contributed by atoms with Gasteiger partial charge in [0, 0.05) is 23.1 Å². The first-order chi connectivity index (χ1) is 23.7. The van der Waals surface area contributed by atoms with E-state index in [0.717, 1.165) is 5.39 Å². The molecule has 0 unspecified atom stereocenters. The number of ether oxygens (including phenoxy) is 3. The molecule has 2 saturated carbocycles. The fourth-order valence-electron chi connectivity index (χ4n) is 6.92. The Labute approximate surface area is 290 Å². The minimum Gasteiger partial charge on any atom is -0.494 e. The maximum Gasteiger partial charge on any atom is 0.405 e. The SMILES string of the molecule is COc1cnc(O[C@@H]2C[C@H]3C(=O)N[C@]4(C(=O)NS(=O)(=O)C5(C)CC5)C[C@H]4C=CCO[C@@H](C)C[C@@H](C)[C@H](NC(=O)O)C(=O)N3C2)c2ccccc12. The zero-order chi connectivity index (χ0) is 36.0. The molecule has 1 aromatic carbocycles. The number of fused-ring (bicyclic) bond motifs is 3. The first-order valence-corrected chi connectivity index (χ1v) is 18.2. The molecule has 0 bridgehead atoms. The quantitative estimate of drug-likeness (QED) is 0.306. The van der Waals surface area contributed by atoms with Crippen molar-refractivity contribution in [1.29, 1.82) is 0 Å². The molecule has 0 radical (unpaired) electrons. The topological polar surface area (TPSA) is 203 Å². The summed E-state index contributed by atoms with van der Waals surface area (Å²) in [5.74, 6) is -2.48. The van der Waals surface area contributed by atoms with Crippen molar-refractivity contribution in [2.75, 3.05) is 20.3 Å². The molecule has 2 aliphatic heterocycles. The Hall–Kier alpha value is -4.44. The Kier molecular flexibility index (Phi) is 9.45. The van der Waals surface area contributed by atoms with Crippen molar-refractivity contribution < 1.29 is 46.9 Å². The number of pyridine rings is 1. The Morgan fingerprint density at radius 2 is 1.86 bits per heavy atom. The van der Waals surface area contributed by atoms with E-state index in [2.05, 4.69) is 20.3 Å². The van der Waals surface area contributed by atoms with Gasteiger partial charge in [-0.3, -0.25) is 19.1 Å². The average Bonchev–Trinajstić information content (AvgIpc) is 3.95. The van der Waals surface area contributed by atoms with Crippen LogP contribution in [0.25, 0.3) is 10.8 Å².